The highest BCUT2D eigenvalue weighted by molar-refractivity contribution is 5.20. The Bertz CT molecular complexity index is 253. The zero-order valence-electron chi connectivity index (χ0n) is 6.92. The van der Waals surface area contributed by atoms with E-state index in [1.54, 1.807) is 6.20 Å². The third-order valence-electron chi connectivity index (χ3n) is 2.31. The fourth-order valence-electron chi connectivity index (χ4n) is 1.60. The van der Waals surface area contributed by atoms with Gasteiger partial charge in [0.1, 0.15) is 0 Å². The van der Waals surface area contributed by atoms with Crippen LogP contribution in [0.2, 0.25) is 0 Å². The summed E-state index contributed by atoms with van der Waals surface area (Å²) in [6, 6.07) is 0. The summed E-state index contributed by atoms with van der Waals surface area (Å²) >= 11 is 0. The molecule has 4 heteroatoms. The second kappa shape index (κ2) is 3.25. The zero-order chi connectivity index (χ0) is 8.39. The van der Waals surface area contributed by atoms with Crippen molar-refractivity contribution in [2.24, 2.45) is 5.73 Å². The van der Waals surface area contributed by atoms with Crippen LogP contribution >= 0.6 is 0 Å². The van der Waals surface area contributed by atoms with E-state index in [1.165, 1.54) is 0 Å². The van der Waals surface area contributed by atoms with E-state index in [2.05, 4.69) is 10.2 Å². The van der Waals surface area contributed by atoms with Crippen molar-refractivity contribution in [3.8, 4) is 0 Å². The van der Waals surface area contributed by atoms with Crippen LogP contribution < -0.4 is 5.73 Å². The van der Waals surface area contributed by atoms with Crippen LogP contribution in [-0.2, 0) is 11.3 Å². The zero-order valence-corrected chi connectivity index (χ0v) is 6.92. The molecule has 12 heavy (non-hydrogen) atoms. The molecular formula is C8H13N3O. The van der Waals surface area contributed by atoms with Crippen LogP contribution in [0.15, 0.2) is 6.20 Å². The number of hydrogen-bond donors (Lipinski definition) is 2. The Hall–Kier alpha value is -0.870. The van der Waals surface area contributed by atoms with Crippen molar-refractivity contribution in [1.82, 2.24) is 10.2 Å². The van der Waals surface area contributed by atoms with Gasteiger partial charge in [-0.2, -0.15) is 5.10 Å². The molecule has 1 fully saturated rings. The number of aromatic amines is 1. The molecule has 4 nitrogen and oxygen atoms in total. The van der Waals surface area contributed by atoms with Gasteiger partial charge in [-0.1, -0.05) is 0 Å². The van der Waals surface area contributed by atoms with Crippen molar-refractivity contribution in [2.45, 2.75) is 18.9 Å². The van der Waals surface area contributed by atoms with E-state index < -0.39 is 0 Å². The first-order valence-electron chi connectivity index (χ1n) is 4.21. The normalized spacial score (nSPS) is 23.2. The Morgan fingerprint density at radius 1 is 1.75 bits per heavy atom. The van der Waals surface area contributed by atoms with Gasteiger partial charge in [0.25, 0.3) is 0 Å². The van der Waals surface area contributed by atoms with Crippen molar-refractivity contribution in [3.05, 3.63) is 17.5 Å². The van der Waals surface area contributed by atoms with Crippen LogP contribution in [-0.4, -0.2) is 23.4 Å². The van der Waals surface area contributed by atoms with Gasteiger partial charge in [0.15, 0.2) is 0 Å². The van der Waals surface area contributed by atoms with Crippen LogP contribution in [0.25, 0.3) is 0 Å². The van der Waals surface area contributed by atoms with Crippen LogP contribution in [0, 0.1) is 0 Å². The molecule has 0 aromatic carbocycles. The lowest BCUT2D eigenvalue weighted by molar-refractivity contribution is 0.193. The van der Waals surface area contributed by atoms with Gasteiger partial charge < -0.3 is 10.5 Å². The second-order valence-corrected chi connectivity index (χ2v) is 3.07. The first-order chi connectivity index (χ1) is 5.92. The van der Waals surface area contributed by atoms with Gasteiger partial charge in [-0.05, 0) is 6.42 Å². The van der Waals surface area contributed by atoms with E-state index in [-0.39, 0.29) is 0 Å². The summed E-state index contributed by atoms with van der Waals surface area (Å²) in [6.07, 6.45) is 2.88. The minimum absolute atomic E-state index is 0.478. The number of aromatic nitrogens is 2. The number of nitrogens with zero attached hydrogens (tertiary/aromatic N) is 1. The van der Waals surface area contributed by atoms with E-state index in [1.807, 2.05) is 0 Å². The largest absolute Gasteiger partial charge is 0.381 e. The molecule has 1 saturated heterocycles. The van der Waals surface area contributed by atoms with Crippen LogP contribution in [0.5, 0.6) is 0 Å². The summed E-state index contributed by atoms with van der Waals surface area (Å²) in [5.74, 6) is 0.478. The molecule has 1 aliphatic heterocycles. The third kappa shape index (κ3) is 1.23. The molecule has 66 valence electrons. The topological polar surface area (TPSA) is 63.9 Å². The highest BCUT2D eigenvalue weighted by Crippen LogP contribution is 2.25. The molecule has 0 saturated carbocycles. The molecule has 0 amide bonds. The maximum atomic E-state index is 5.56. The lowest BCUT2D eigenvalue weighted by atomic mass is 10.0. The Morgan fingerprint density at radius 2 is 2.67 bits per heavy atom. The average molecular weight is 167 g/mol. The Morgan fingerprint density at radius 3 is 3.33 bits per heavy atom. The predicted molar refractivity (Wildman–Crippen MR) is 44.7 cm³/mol. The second-order valence-electron chi connectivity index (χ2n) is 3.07. The molecule has 0 bridgehead atoms. The number of ether oxygens (including phenoxy) is 1. The number of hydrogen-bond acceptors (Lipinski definition) is 3. The van der Waals surface area contributed by atoms with Crippen molar-refractivity contribution >= 4 is 0 Å². The summed E-state index contributed by atoms with van der Waals surface area (Å²) in [4.78, 5) is 0. The lowest BCUT2D eigenvalue weighted by Gasteiger charge is -2.05. The van der Waals surface area contributed by atoms with Gasteiger partial charge >= 0.3 is 0 Å². The van der Waals surface area contributed by atoms with Crippen LogP contribution in [0.4, 0.5) is 0 Å². The van der Waals surface area contributed by atoms with Gasteiger partial charge in [0, 0.05) is 30.3 Å². The SMILES string of the molecule is NCc1cn[nH]c1C1CCOC1. The van der Waals surface area contributed by atoms with Gasteiger partial charge in [0.2, 0.25) is 0 Å². The smallest absolute Gasteiger partial charge is 0.0550 e. The lowest BCUT2D eigenvalue weighted by Crippen LogP contribution is -2.05. The molecule has 3 N–H and O–H groups in total. The molecule has 0 radical (unpaired) electrons. The molecular weight excluding hydrogens is 154 g/mol. The Labute approximate surface area is 71.1 Å². The van der Waals surface area contributed by atoms with E-state index in [0.717, 1.165) is 30.9 Å². The van der Waals surface area contributed by atoms with E-state index >= 15 is 0 Å². The van der Waals surface area contributed by atoms with E-state index in [9.17, 15) is 0 Å². The minimum Gasteiger partial charge on any atom is -0.381 e. The fraction of sp³-hybridized carbons (Fsp3) is 0.625. The first kappa shape index (κ1) is 7.76. The van der Waals surface area contributed by atoms with Gasteiger partial charge in [-0.25, -0.2) is 0 Å². The predicted octanol–water partition coefficient (Wildman–Crippen LogP) is 0.372. The molecule has 1 aliphatic rings. The van der Waals surface area contributed by atoms with Crippen molar-refractivity contribution < 1.29 is 4.74 Å². The number of nitrogens with two attached hydrogens (primary N) is 1. The van der Waals surface area contributed by atoms with E-state index in [4.69, 9.17) is 10.5 Å². The number of nitrogens with one attached hydrogen (secondary N) is 1. The Kier molecular flexibility index (Phi) is 2.10. The van der Waals surface area contributed by atoms with Crippen molar-refractivity contribution in [3.63, 3.8) is 0 Å². The minimum atomic E-state index is 0.478. The standard InChI is InChI=1S/C8H13N3O/c9-3-7-4-10-11-8(7)6-1-2-12-5-6/h4,6H,1-3,5,9H2,(H,10,11). The molecule has 0 aliphatic carbocycles. The maximum Gasteiger partial charge on any atom is 0.0550 e. The molecule has 2 rings (SSSR count). The first-order valence-corrected chi connectivity index (χ1v) is 4.21. The number of H-pyrrole nitrogens is 1. The molecule has 1 unspecified atom stereocenters. The highest BCUT2D eigenvalue weighted by atomic mass is 16.5. The van der Waals surface area contributed by atoms with Gasteiger partial charge in [-0.15, -0.1) is 0 Å². The summed E-state index contributed by atoms with van der Waals surface area (Å²) in [6.45, 7) is 2.21. The number of rotatable bonds is 2. The Balaban J connectivity index is 2.19. The quantitative estimate of drug-likeness (QED) is 0.669. The molecule has 1 aromatic heterocycles. The third-order valence-corrected chi connectivity index (χ3v) is 2.31. The summed E-state index contributed by atoms with van der Waals surface area (Å²) in [5.41, 5.74) is 7.84. The van der Waals surface area contributed by atoms with Crippen molar-refractivity contribution in [2.75, 3.05) is 13.2 Å². The summed E-state index contributed by atoms with van der Waals surface area (Å²) < 4.78 is 5.29. The van der Waals surface area contributed by atoms with Crippen LogP contribution in [0.1, 0.15) is 23.6 Å². The van der Waals surface area contributed by atoms with Crippen LogP contribution in [0.3, 0.4) is 0 Å². The average Bonchev–Trinajstić information content (AvgIpc) is 2.74. The fourth-order valence-corrected chi connectivity index (χ4v) is 1.60. The van der Waals surface area contributed by atoms with Gasteiger partial charge in [-0.3, -0.25) is 5.10 Å². The molecule has 0 spiro atoms. The highest BCUT2D eigenvalue weighted by Gasteiger charge is 2.21. The summed E-state index contributed by atoms with van der Waals surface area (Å²) in [7, 11) is 0. The molecule has 2 heterocycles. The molecule has 1 aromatic rings. The van der Waals surface area contributed by atoms with Crippen molar-refractivity contribution in [1.29, 1.82) is 0 Å². The van der Waals surface area contributed by atoms with Gasteiger partial charge in [0.05, 0.1) is 12.8 Å². The summed E-state index contributed by atoms with van der Waals surface area (Å²) in [5, 5.41) is 6.97. The maximum absolute atomic E-state index is 5.56. The monoisotopic (exact) mass is 167 g/mol. The molecule has 1 atom stereocenters. The van der Waals surface area contributed by atoms with E-state index in [0.29, 0.717) is 12.5 Å².